The number of imidazole rings is 1. The van der Waals surface area contributed by atoms with E-state index >= 15 is 0 Å². The minimum atomic E-state index is -2.69. The van der Waals surface area contributed by atoms with E-state index in [-0.39, 0.29) is 11.2 Å². The molecule has 3 heterocycles. The van der Waals surface area contributed by atoms with Gasteiger partial charge in [-0.15, -0.1) is 0 Å². The summed E-state index contributed by atoms with van der Waals surface area (Å²) in [6.07, 6.45) is -2.76. The fourth-order valence-electron chi connectivity index (χ4n) is 2.21. The zero-order valence-electron chi connectivity index (χ0n) is 13.1. The molecule has 0 unspecified atom stereocenters. The molecule has 0 saturated carbocycles. The molecule has 0 radical (unpaired) electrons. The van der Waals surface area contributed by atoms with Crippen molar-refractivity contribution in [2.75, 3.05) is 6.61 Å². The Morgan fingerprint density at radius 2 is 2.20 bits per heavy atom. The lowest BCUT2D eigenvalue weighted by Gasteiger charge is -2.16. The van der Waals surface area contributed by atoms with Crippen molar-refractivity contribution in [3.05, 3.63) is 23.0 Å². The van der Waals surface area contributed by atoms with Crippen molar-refractivity contribution in [3.63, 3.8) is 0 Å². The Kier molecular flexibility index (Phi) is 2.31. The van der Waals surface area contributed by atoms with Crippen molar-refractivity contribution in [2.24, 2.45) is 6.98 Å². The van der Waals surface area contributed by atoms with Crippen LogP contribution in [-0.4, -0.2) is 59.3 Å². The van der Waals surface area contributed by atoms with Crippen LogP contribution < -0.4 is 5.56 Å². The van der Waals surface area contributed by atoms with Crippen molar-refractivity contribution in [1.29, 1.82) is 0 Å². The number of hydrogen-bond donors (Lipinski definition) is 3. The second-order valence-corrected chi connectivity index (χ2v) is 4.47. The van der Waals surface area contributed by atoms with E-state index in [9.17, 15) is 15.0 Å². The molecule has 1 aliphatic rings. The summed E-state index contributed by atoms with van der Waals surface area (Å²) in [7, 11) is 0. The van der Waals surface area contributed by atoms with Crippen LogP contribution in [0.3, 0.4) is 0 Å². The highest BCUT2D eigenvalue weighted by molar-refractivity contribution is 5.69. The third-order valence-electron chi connectivity index (χ3n) is 3.28. The van der Waals surface area contributed by atoms with Gasteiger partial charge in [-0.05, 0) is 0 Å². The second kappa shape index (κ2) is 4.63. The molecule has 1 aliphatic heterocycles. The molecule has 0 bridgehead atoms. The lowest BCUT2D eigenvalue weighted by Crippen LogP contribution is -2.33. The van der Waals surface area contributed by atoms with Gasteiger partial charge in [0.05, 0.1) is 19.3 Å². The van der Waals surface area contributed by atoms with Gasteiger partial charge in [-0.2, -0.15) is 0 Å². The average Bonchev–Trinajstić information content (AvgIpc) is 3.01. The summed E-state index contributed by atoms with van der Waals surface area (Å²) >= 11 is 0. The smallest absolute Gasteiger partial charge is 0.281 e. The van der Waals surface area contributed by atoms with Crippen LogP contribution >= 0.6 is 0 Å². The van der Waals surface area contributed by atoms with Gasteiger partial charge in [0, 0.05) is 11.1 Å². The molecule has 9 nitrogen and oxygen atoms in total. The predicted molar refractivity (Wildman–Crippen MR) is 65.8 cm³/mol. The third kappa shape index (κ3) is 1.75. The largest absolute Gasteiger partial charge is 0.394 e. The maximum atomic E-state index is 12.2. The van der Waals surface area contributed by atoms with Crippen molar-refractivity contribution in [3.8, 4) is 0 Å². The van der Waals surface area contributed by atoms with Gasteiger partial charge in [0.25, 0.3) is 5.56 Å². The monoisotopic (exact) mass is 285 g/mol. The van der Waals surface area contributed by atoms with Gasteiger partial charge in [-0.3, -0.25) is 9.36 Å². The summed E-state index contributed by atoms with van der Waals surface area (Å²) in [5.41, 5.74) is -1.06. The first kappa shape index (κ1) is 10.00. The number of aryl methyl sites for hydroxylation is 1. The molecule has 1 fully saturated rings. The Morgan fingerprint density at radius 1 is 1.40 bits per heavy atom. The third-order valence-corrected chi connectivity index (χ3v) is 3.28. The minimum absolute atomic E-state index is 0.00494. The number of aliphatic hydroxyl groups excluding tert-OH is 3. The Bertz CT molecular complexity index is 788. The molecule has 0 aromatic carbocycles. The molecule has 3 N–H and O–H groups in total. The molecule has 0 spiro atoms. The molecule has 1 saturated heterocycles. The lowest BCUT2D eigenvalue weighted by molar-refractivity contribution is -0.0511. The van der Waals surface area contributed by atoms with Crippen LogP contribution in [-0.2, 0) is 11.7 Å². The van der Waals surface area contributed by atoms with E-state index in [1.165, 1.54) is 4.57 Å². The number of ether oxygens (including phenoxy) is 1. The predicted octanol–water partition coefficient (Wildman–Crippen LogP) is -2.26. The lowest BCUT2D eigenvalue weighted by atomic mass is 10.1. The van der Waals surface area contributed by atoms with E-state index in [4.69, 9.17) is 14.0 Å². The number of rotatable bonds is 2. The van der Waals surface area contributed by atoms with Crippen molar-refractivity contribution >= 4 is 11.2 Å². The Hall–Kier alpha value is -1.81. The molecule has 2 aromatic heterocycles. The molecule has 20 heavy (non-hydrogen) atoms. The second-order valence-electron chi connectivity index (χ2n) is 4.47. The average molecular weight is 285 g/mol. The first-order valence-corrected chi connectivity index (χ1v) is 5.83. The number of nitrogens with zero attached hydrogens (tertiary/aromatic N) is 4. The van der Waals surface area contributed by atoms with Gasteiger partial charge in [-0.1, -0.05) is 0 Å². The Morgan fingerprint density at radius 3 is 2.85 bits per heavy atom. The highest BCUT2D eigenvalue weighted by Gasteiger charge is 2.43. The Labute approximate surface area is 116 Å². The number of aromatic nitrogens is 4. The molecule has 0 aliphatic carbocycles. The summed E-state index contributed by atoms with van der Waals surface area (Å²) in [5, 5.41) is 28.9. The number of aliphatic hydroxyl groups is 3. The van der Waals surface area contributed by atoms with Crippen LogP contribution in [0.5, 0.6) is 0 Å². The van der Waals surface area contributed by atoms with Gasteiger partial charge in [0.2, 0.25) is 0 Å². The normalized spacial score (nSPS) is 33.0. The SMILES string of the molecule is [2H]C([2H])([2H])n1cnc2c(ncn2[C@@H]2O[C@H](CO)[C@@H](O)[C@H]2O)c1=O. The molecule has 3 rings (SSSR count). The van der Waals surface area contributed by atoms with Gasteiger partial charge < -0.3 is 24.6 Å². The molecular weight excluding hydrogens is 268 g/mol. The summed E-state index contributed by atoms with van der Waals surface area (Å²) < 4.78 is 28.8. The molecular formula is C11H14N4O5. The summed E-state index contributed by atoms with van der Waals surface area (Å²) in [6, 6.07) is 0. The van der Waals surface area contributed by atoms with Crippen LogP contribution in [0.2, 0.25) is 0 Å². The zero-order chi connectivity index (χ0) is 16.9. The van der Waals surface area contributed by atoms with Crippen LogP contribution in [0, 0.1) is 0 Å². The standard InChI is InChI=1S/C11H14N4O5/c1-14-3-13-9-6(10(14)19)12-4-15(9)11-8(18)7(17)5(2-16)20-11/h3-5,7-8,11,16-18H,2H2,1H3/t5-,7-,8-,11-/m1/s1/i1D3. The minimum Gasteiger partial charge on any atom is -0.394 e. The number of fused-ring (bicyclic) bond motifs is 1. The van der Waals surface area contributed by atoms with Crippen LogP contribution in [0.15, 0.2) is 17.4 Å². The van der Waals surface area contributed by atoms with E-state index in [0.717, 1.165) is 12.7 Å². The van der Waals surface area contributed by atoms with Crippen LogP contribution in [0.25, 0.3) is 11.2 Å². The molecule has 9 heteroatoms. The van der Waals surface area contributed by atoms with Gasteiger partial charge >= 0.3 is 0 Å². The van der Waals surface area contributed by atoms with Gasteiger partial charge in [-0.25, -0.2) is 9.97 Å². The van der Waals surface area contributed by atoms with E-state index in [1.54, 1.807) is 0 Å². The van der Waals surface area contributed by atoms with E-state index in [1.807, 2.05) is 0 Å². The van der Waals surface area contributed by atoms with Crippen LogP contribution in [0.4, 0.5) is 0 Å². The van der Waals surface area contributed by atoms with Crippen molar-refractivity contribution in [2.45, 2.75) is 24.5 Å². The highest BCUT2D eigenvalue weighted by atomic mass is 16.6. The summed E-state index contributed by atoms with van der Waals surface area (Å²) in [4.78, 5) is 19.9. The maximum absolute atomic E-state index is 12.2. The highest BCUT2D eigenvalue weighted by Crippen LogP contribution is 2.30. The fourth-order valence-corrected chi connectivity index (χ4v) is 2.21. The van der Waals surface area contributed by atoms with Gasteiger partial charge in [0.15, 0.2) is 17.4 Å². The maximum Gasteiger partial charge on any atom is 0.281 e. The van der Waals surface area contributed by atoms with E-state index < -0.39 is 43.7 Å². The molecule has 2 aromatic rings. The first-order chi connectivity index (χ1) is 10.8. The molecule has 0 amide bonds. The first-order valence-electron chi connectivity index (χ1n) is 7.33. The zero-order valence-corrected chi connectivity index (χ0v) is 10.1. The van der Waals surface area contributed by atoms with E-state index in [0.29, 0.717) is 4.57 Å². The molecule has 108 valence electrons. The fraction of sp³-hybridized carbons (Fsp3) is 0.545. The quantitative estimate of drug-likeness (QED) is 0.569. The van der Waals surface area contributed by atoms with Crippen LogP contribution in [0.1, 0.15) is 10.3 Å². The topological polar surface area (TPSA) is 123 Å². The summed E-state index contributed by atoms with van der Waals surface area (Å²) in [6.45, 7) is -3.19. The van der Waals surface area contributed by atoms with E-state index in [2.05, 4.69) is 9.97 Å². The number of hydrogen-bond acceptors (Lipinski definition) is 7. The van der Waals surface area contributed by atoms with Crippen molar-refractivity contribution in [1.82, 2.24) is 19.1 Å². The molecule has 4 atom stereocenters. The Balaban J connectivity index is 2.08. The van der Waals surface area contributed by atoms with Gasteiger partial charge in [0.1, 0.15) is 18.3 Å². The summed E-state index contributed by atoms with van der Waals surface area (Å²) in [5.74, 6) is 0. The van der Waals surface area contributed by atoms with Crippen molar-refractivity contribution < 1.29 is 24.2 Å².